The Morgan fingerprint density at radius 3 is 2.69 bits per heavy atom. The van der Waals surface area contributed by atoms with E-state index in [9.17, 15) is 0 Å². The molecule has 1 unspecified atom stereocenters. The molecule has 1 aromatic rings. The Morgan fingerprint density at radius 2 is 2.08 bits per heavy atom. The number of ether oxygens (including phenoxy) is 1. The minimum Gasteiger partial charge on any atom is -0.486 e. The monoisotopic (exact) mass is 176 g/mol. The van der Waals surface area contributed by atoms with Gasteiger partial charge in [0.1, 0.15) is 11.9 Å². The fourth-order valence-electron chi connectivity index (χ4n) is 1.10. The Hall–Kier alpha value is -1.24. The van der Waals surface area contributed by atoms with E-state index >= 15 is 0 Å². The lowest BCUT2D eigenvalue weighted by Crippen LogP contribution is -2.08. The molecule has 1 aromatic carbocycles. The highest BCUT2D eigenvalue weighted by atomic mass is 16.5. The maximum Gasteiger partial charge on any atom is 0.123 e. The van der Waals surface area contributed by atoms with Gasteiger partial charge in [-0.1, -0.05) is 24.8 Å². The van der Waals surface area contributed by atoms with Crippen molar-refractivity contribution in [2.75, 3.05) is 0 Å². The Labute approximate surface area is 80.0 Å². The Balaban J connectivity index is 2.88. The summed E-state index contributed by atoms with van der Waals surface area (Å²) in [5.41, 5.74) is 2.46. The number of hydrogen-bond acceptors (Lipinski definition) is 1. The summed E-state index contributed by atoms with van der Waals surface area (Å²) in [4.78, 5) is 0. The fraction of sp³-hybridized carbons (Fsp3) is 0.333. The summed E-state index contributed by atoms with van der Waals surface area (Å²) in [6.45, 7) is 9.82. The molecule has 0 bridgehead atoms. The quantitative estimate of drug-likeness (QED) is 0.642. The van der Waals surface area contributed by atoms with E-state index in [1.54, 1.807) is 6.08 Å². The van der Waals surface area contributed by atoms with Crippen molar-refractivity contribution in [1.82, 2.24) is 0 Å². The molecule has 0 spiro atoms. The van der Waals surface area contributed by atoms with Gasteiger partial charge in [-0.2, -0.15) is 0 Å². The van der Waals surface area contributed by atoms with Crippen molar-refractivity contribution in [3.63, 3.8) is 0 Å². The fourth-order valence-corrected chi connectivity index (χ4v) is 1.10. The average molecular weight is 176 g/mol. The molecule has 0 radical (unpaired) electrons. The van der Waals surface area contributed by atoms with Crippen LogP contribution in [0.25, 0.3) is 0 Å². The van der Waals surface area contributed by atoms with Crippen LogP contribution in [0.15, 0.2) is 30.9 Å². The van der Waals surface area contributed by atoms with Crippen molar-refractivity contribution in [3.8, 4) is 5.75 Å². The molecule has 1 atom stereocenters. The highest BCUT2D eigenvalue weighted by Crippen LogP contribution is 2.21. The van der Waals surface area contributed by atoms with Crippen molar-refractivity contribution in [2.24, 2.45) is 0 Å². The smallest absolute Gasteiger partial charge is 0.123 e. The zero-order chi connectivity index (χ0) is 9.84. The average Bonchev–Trinajstić information content (AvgIpc) is 2.13. The third kappa shape index (κ3) is 2.35. The maximum absolute atomic E-state index is 5.66. The molecular formula is C12H16O. The molecular weight excluding hydrogens is 160 g/mol. The minimum atomic E-state index is 0.0699. The van der Waals surface area contributed by atoms with Gasteiger partial charge in [-0.3, -0.25) is 0 Å². The van der Waals surface area contributed by atoms with Crippen LogP contribution in [-0.4, -0.2) is 6.10 Å². The Morgan fingerprint density at radius 1 is 1.38 bits per heavy atom. The molecule has 0 saturated carbocycles. The van der Waals surface area contributed by atoms with Crippen LogP contribution >= 0.6 is 0 Å². The van der Waals surface area contributed by atoms with Crippen LogP contribution in [-0.2, 0) is 0 Å². The van der Waals surface area contributed by atoms with Gasteiger partial charge in [0.15, 0.2) is 0 Å². The second-order valence-electron chi connectivity index (χ2n) is 3.26. The summed E-state index contributed by atoms with van der Waals surface area (Å²) >= 11 is 0. The first-order valence-corrected chi connectivity index (χ1v) is 4.50. The summed E-state index contributed by atoms with van der Waals surface area (Å²) < 4.78 is 5.66. The number of benzene rings is 1. The molecule has 0 N–H and O–H groups in total. The van der Waals surface area contributed by atoms with E-state index in [-0.39, 0.29) is 6.10 Å². The number of aryl methyl sites for hydroxylation is 1. The van der Waals surface area contributed by atoms with Crippen molar-refractivity contribution in [2.45, 2.75) is 26.9 Å². The largest absolute Gasteiger partial charge is 0.486 e. The maximum atomic E-state index is 5.66. The molecule has 1 nitrogen and oxygen atoms in total. The zero-order valence-electron chi connectivity index (χ0n) is 8.50. The molecule has 0 heterocycles. The zero-order valence-corrected chi connectivity index (χ0v) is 8.50. The molecule has 1 heteroatoms. The van der Waals surface area contributed by atoms with E-state index < -0.39 is 0 Å². The second kappa shape index (κ2) is 4.13. The van der Waals surface area contributed by atoms with Crippen LogP contribution < -0.4 is 4.74 Å². The standard InChI is InChI=1S/C12H16O/c1-5-10(3)13-12-8-6-7-9(2)11(12)4/h5-8,10H,1H2,2-4H3. The van der Waals surface area contributed by atoms with E-state index in [2.05, 4.69) is 26.5 Å². The van der Waals surface area contributed by atoms with E-state index in [1.165, 1.54) is 11.1 Å². The summed E-state index contributed by atoms with van der Waals surface area (Å²) in [6.07, 6.45) is 1.86. The SMILES string of the molecule is C=CC(C)Oc1cccc(C)c1C. The number of rotatable bonds is 3. The van der Waals surface area contributed by atoms with Gasteiger partial charge >= 0.3 is 0 Å². The van der Waals surface area contributed by atoms with Gasteiger partial charge in [-0.05, 0) is 38.0 Å². The van der Waals surface area contributed by atoms with E-state index in [0.29, 0.717) is 0 Å². The molecule has 0 saturated heterocycles. The lowest BCUT2D eigenvalue weighted by Gasteiger charge is -2.13. The molecule has 0 aliphatic heterocycles. The Kier molecular flexibility index (Phi) is 3.13. The molecule has 13 heavy (non-hydrogen) atoms. The van der Waals surface area contributed by atoms with Gasteiger partial charge in [-0.15, -0.1) is 0 Å². The van der Waals surface area contributed by atoms with Gasteiger partial charge in [0.2, 0.25) is 0 Å². The first kappa shape index (κ1) is 9.85. The lowest BCUT2D eigenvalue weighted by atomic mass is 10.1. The molecule has 0 fully saturated rings. The summed E-state index contributed by atoms with van der Waals surface area (Å²) in [5.74, 6) is 0.951. The van der Waals surface area contributed by atoms with Gasteiger partial charge in [0.05, 0.1) is 0 Å². The first-order valence-electron chi connectivity index (χ1n) is 4.50. The molecule has 0 amide bonds. The van der Waals surface area contributed by atoms with Crippen LogP contribution in [0.5, 0.6) is 5.75 Å². The third-order valence-electron chi connectivity index (χ3n) is 2.20. The van der Waals surface area contributed by atoms with E-state index in [0.717, 1.165) is 5.75 Å². The normalized spacial score (nSPS) is 12.2. The number of hydrogen-bond donors (Lipinski definition) is 0. The molecule has 70 valence electrons. The van der Waals surface area contributed by atoms with Gasteiger partial charge in [0.25, 0.3) is 0 Å². The third-order valence-corrected chi connectivity index (χ3v) is 2.20. The summed E-state index contributed by atoms with van der Waals surface area (Å²) in [6, 6.07) is 6.08. The van der Waals surface area contributed by atoms with Crippen molar-refractivity contribution in [1.29, 1.82) is 0 Å². The van der Waals surface area contributed by atoms with Crippen molar-refractivity contribution in [3.05, 3.63) is 42.0 Å². The van der Waals surface area contributed by atoms with Gasteiger partial charge in [0, 0.05) is 0 Å². The Bertz CT molecular complexity index is 302. The first-order chi connectivity index (χ1) is 6.15. The second-order valence-corrected chi connectivity index (χ2v) is 3.26. The predicted molar refractivity (Wildman–Crippen MR) is 56.2 cm³/mol. The van der Waals surface area contributed by atoms with Crippen LogP contribution in [0.2, 0.25) is 0 Å². The molecule has 0 aliphatic carbocycles. The molecule has 0 aliphatic rings. The highest BCUT2D eigenvalue weighted by molar-refractivity contribution is 5.38. The minimum absolute atomic E-state index is 0.0699. The van der Waals surface area contributed by atoms with Crippen LogP contribution in [0.4, 0.5) is 0 Å². The van der Waals surface area contributed by atoms with Gasteiger partial charge in [-0.25, -0.2) is 0 Å². The lowest BCUT2D eigenvalue weighted by molar-refractivity contribution is 0.268. The van der Waals surface area contributed by atoms with Gasteiger partial charge < -0.3 is 4.74 Å². The van der Waals surface area contributed by atoms with Crippen LogP contribution in [0.1, 0.15) is 18.1 Å². The molecule has 1 rings (SSSR count). The van der Waals surface area contributed by atoms with Crippen LogP contribution in [0, 0.1) is 13.8 Å². The van der Waals surface area contributed by atoms with E-state index in [4.69, 9.17) is 4.74 Å². The van der Waals surface area contributed by atoms with Crippen LogP contribution in [0.3, 0.4) is 0 Å². The summed E-state index contributed by atoms with van der Waals surface area (Å²) in [5, 5.41) is 0. The van der Waals surface area contributed by atoms with Crippen molar-refractivity contribution >= 4 is 0 Å². The predicted octanol–water partition coefficient (Wildman–Crippen LogP) is 3.26. The van der Waals surface area contributed by atoms with E-state index in [1.807, 2.05) is 19.1 Å². The molecule has 0 aromatic heterocycles. The topological polar surface area (TPSA) is 9.23 Å². The highest BCUT2D eigenvalue weighted by Gasteiger charge is 2.03. The summed E-state index contributed by atoms with van der Waals surface area (Å²) in [7, 11) is 0. The van der Waals surface area contributed by atoms with Crippen molar-refractivity contribution < 1.29 is 4.74 Å².